The van der Waals surface area contributed by atoms with Gasteiger partial charge in [-0.3, -0.25) is 0 Å². The van der Waals surface area contributed by atoms with E-state index in [0.717, 1.165) is 16.7 Å². The Morgan fingerprint density at radius 2 is 1.19 bits per heavy atom. The van der Waals surface area contributed by atoms with Crippen LogP contribution in [0.4, 0.5) is 5.00 Å². The largest absolute Gasteiger partial charge is 0.476 e. The molecule has 5 aromatic rings. The molecule has 0 aliphatic rings. The molecule has 0 radical (unpaired) electrons. The van der Waals surface area contributed by atoms with Crippen LogP contribution in [-0.4, -0.2) is 21.8 Å². The summed E-state index contributed by atoms with van der Waals surface area (Å²) in [5, 5.41) is 14.8. The molecule has 6 nitrogen and oxygen atoms in total. The van der Waals surface area contributed by atoms with Gasteiger partial charge in [0.25, 0.3) is 0 Å². The Morgan fingerprint density at radius 1 is 0.757 bits per heavy atom. The molecule has 0 fully saturated rings. The van der Waals surface area contributed by atoms with Crippen LogP contribution in [0.3, 0.4) is 0 Å². The van der Waals surface area contributed by atoms with Gasteiger partial charge >= 0.3 is 5.97 Å². The molecule has 5 rings (SSSR count). The number of nitrogen functional groups attached to an aromatic ring is 1. The molecule has 3 N–H and O–H groups in total. The van der Waals surface area contributed by atoms with Crippen molar-refractivity contribution in [3.63, 3.8) is 0 Å². The van der Waals surface area contributed by atoms with Gasteiger partial charge < -0.3 is 15.7 Å². The average Bonchev–Trinajstić information content (AvgIpc) is 3.32. The summed E-state index contributed by atoms with van der Waals surface area (Å²) in [6.45, 7) is 0. The summed E-state index contributed by atoms with van der Waals surface area (Å²) < 4.78 is 0. The third-order valence-corrected chi connectivity index (χ3v) is 7.01. The van der Waals surface area contributed by atoms with Crippen molar-refractivity contribution in [3.8, 4) is 5.75 Å². The Morgan fingerprint density at radius 3 is 1.62 bits per heavy atom. The number of carbonyl (C=O) groups is 1. The zero-order valence-electron chi connectivity index (χ0n) is 19.7. The summed E-state index contributed by atoms with van der Waals surface area (Å²) >= 11 is 1.24. The number of aromatic nitrogens is 1. The van der Waals surface area contributed by atoms with E-state index in [1.807, 2.05) is 97.1 Å². The van der Waals surface area contributed by atoms with Gasteiger partial charge in [0.05, 0.1) is 5.41 Å². The maximum absolute atomic E-state index is 12.2. The SMILES string of the molecule is Nc1sc(C(c2ccccc2)(c2ccccc2)c2ccccc2)nc1C(=NOc1ccccc1)C(=O)O. The van der Waals surface area contributed by atoms with Gasteiger partial charge in [-0.05, 0) is 28.8 Å². The van der Waals surface area contributed by atoms with Crippen molar-refractivity contribution >= 4 is 28.0 Å². The summed E-state index contributed by atoms with van der Waals surface area (Å²) in [6.07, 6.45) is 0. The minimum atomic E-state index is -1.29. The molecule has 1 heterocycles. The quantitative estimate of drug-likeness (QED) is 0.154. The zero-order valence-corrected chi connectivity index (χ0v) is 20.5. The third kappa shape index (κ3) is 4.60. The molecule has 0 amide bonds. The van der Waals surface area contributed by atoms with E-state index >= 15 is 0 Å². The van der Waals surface area contributed by atoms with E-state index in [1.54, 1.807) is 24.3 Å². The van der Waals surface area contributed by atoms with Crippen molar-refractivity contribution in [1.82, 2.24) is 4.98 Å². The van der Waals surface area contributed by atoms with Crippen LogP contribution in [0.5, 0.6) is 5.75 Å². The number of hydrogen-bond acceptors (Lipinski definition) is 6. The number of thiazole rings is 1. The van der Waals surface area contributed by atoms with E-state index in [1.165, 1.54) is 11.3 Å². The summed E-state index contributed by atoms with van der Waals surface area (Å²) in [5.74, 6) is -0.883. The lowest BCUT2D eigenvalue weighted by molar-refractivity contribution is -0.129. The van der Waals surface area contributed by atoms with Crippen LogP contribution in [-0.2, 0) is 10.2 Å². The summed E-state index contributed by atoms with van der Waals surface area (Å²) in [6, 6.07) is 38.8. The molecule has 7 heteroatoms. The molecule has 0 bridgehead atoms. The van der Waals surface area contributed by atoms with E-state index in [2.05, 4.69) is 5.16 Å². The fourth-order valence-electron chi connectivity index (χ4n) is 4.36. The van der Waals surface area contributed by atoms with Gasteiger partial charge in [0, 0.05) is 0 Å². The van der Waals surface area contributed by atoms with Crippen molar-refractivity contribution in [3.05, 3.63) is 149 Å². The Balaban J connectivity index is 1.74. The highest BCUT2D eigenvalue weighted by molar-refractivity contribution is 7.16. The number of carboxylic acids is 1. The van der Waals surface area contributed by atoms with Crippen LogP contribution >= 0.6 is 11.3 Å². The first-order valence-electron chi connectivity index (χ1n) is 11.6. The number of aliphatic carboxylic acids is 1. The van der Waals surface area contributed by atoms with Crippen molar-refractivity contribution in [2.24, 2.45) is 5.16 Å². The number of carboxylic acid groups (broad SMARTS) is 1. The van der Waals surface area contributed by atoms with Crippen LogP contribution < -0.4 is 10.6 Å². The lowest BCUT2D eigenvalue weighted by Crippen LogP contribution is -2.31. The van der Waals surface area contributed by atoms with E-state index in [9.17, 15) is 9.90 Å². The first kappa shape index (κ1) is 24.0. The number of rotatable bonds is 8. The lowest BCUT2D eigenvalue weighted by Gasteiger charge is -2.34. The standard InChI is InChI=1S/C30H23N3O3S/c31-27-25(26(28(34)35)33-36-24-19-11-4-12-20-24)32-29(37-27)30(21-13-5-1-6-14-21,22-15-7-2-8-16-22)23-17-9-3-10-18-23/h1-20H,31H2,(H,34,35). The molecule has 0 saturated carbocycles. The van der Waals surface area contributed by atoms with Gasteiger partial charge in [-0.1, -0.05) is 126 Å². The molecular weight excluding hydrogens is 482 g/mol. The number of para-hydroxylation sites is 1. The van der Waals surface area contributed by atoms with Gasteiger partial charge in [0.1, 0.15) is 15.7 Å². The van der Waals surface area contributed by atoms with Crippen LogP contribution in [0, 0.1) is 0 Å². The maximum atomic E-state index is 12.2. The molecule has 0 atom stereocenters. The first-order valence-corrected chi connectivity index (χ1v) is 12.4. The highest BCUT2D eigenvalue weighted by atomic mass is 32.1. The molecule has 0 unspecified atom stereocenters. The fourth-order valence-corrected chi connectivity index (χ4v) is 5.45. The van der Waals surface area contributed by atoms with Gasteiger partial charge in [-0.25, -0.2) is 9.78 Å². The molecule has 0 saturated heterocycles. The predicted molar refractivity (Wildman–Crippen MR) is 146 cm³/mol. The monoisotopic (exact) mass is 505 g/mol. The normalized spacial score (nSPS) is 11.7. The van der Waals surface area contributed by atoms with Gasteiger partial charge in [0.15, 0.2) is 5.75 Å². The van der Waals surface area contributed by atoms with Crippen molar-refractivity contribution in [2.75, 3.05) is 5.73 Å². The molecule has 0 aliphatic carbocycles. The van der Waals surface area contributed by atoms with Gasteiger partial charge in [0.2, 0.25) is 5.71 Å². The Bertz CT molecular complexity index is 1420. The van der Waals surface area contributed by atoms with E-state index in [0.29, 0.717) is 10.8 Å². The summed E-state index contributed by atoms with van der Waals surface area (Å²) in [5.41, 5.74) is 8.21. The molecule has 37 heavy (non-hydrogen) atoms. The molecule has 0 aliphatic heterocycles. The van der Waals surface area contributed by atoms with E-state index < -0.39 is 11.4 Å². The molecule has 0 spiro atoms. The number of nitrogens with zero attached hydrogens (tertiary/aromatic N) is 2. The third-order valence-electron chi connectivity index (χ3n) is 6.01. The fraction of sp³-hybridized carbons (Fsp3) is 0.0333. The van der Waals surface area contributed by atoms with Crippen LogP contribution in [0.15, 0.2) is 126 Å². The van der Waals surface area contributed by atoms with Crippen LogP contribution in [0.2, 0.25) is 0 Å². The van der Waals surface area contributed by atoms with Gasteiger partial charge in [-0.15, -0.1) is 0 Å². The Kier molecular flexibility index (Phi) is 6.78. The van der Waals surface area contributed by atoms with E-state index in [-0.39, 0.29) is 16.4 Å². The predicted octanol–water partition coefficient (Wildman–Crippen LogP) is 5.98. The summed E-state index contributed by atoms with van der Waals surface area (Å²) in [4.78, 5) is 22.5. The number of anilines is 1. The van der Waals surface area contributed by atoms with Crippen LogP contribution in [0.25, 0.3) is 0 Å². The molecular formula is C30H23N3O3S. The van der Waals surface area contributed by atoms with Crippen molar-refractivity contribution in [2.45, 2.75) is 5.41 Å². The van der Waals surface area contributed by atoms with E-state index in [4.69, 9.17) is 15.6 Å². The Hall–Kier alpha value is -4.75. The second kappa shape index (κ2) is 10.5. The second-order valence-electron chi connectivity index (χ2n) is 8.23. The number of hydrogen-bond donors (Lipinski definition) is 2. The highest BCUT2D eigenvalue weighted by Gasteiger charge is 2.42. The molecule has 4 aromatic carbocycles. The second-order valence-corrected chi connectivity index (χ2v) is 9.26. The average molecular weight is 506 g/mol. The number of nitrogens with two attached hydrogens (primary N) is 1. The lowest BCUT2D eigenvalue weighted by atomic mass is 9.70. The topological polar surface area (TPSA) is 97.8 Å². The van der Waals surface area contributed by atoms with Crippen molar-refractivity contribution < 1.29 is 14.7 Å². The number of benzene rings is 4. The first-order chi connectivity index (χ1) is 18.1. The Labute approximate surface area is 218 Å². The minimum Gasteiger partial charge on any atom is -0.476 e. The number of oxime groups is 1. The minimum absolute atomic E-state index is 0.0654. The molecule has 1 aromatic heterocycles. The smallest absolute Gasteiger partial charge is 0.360 e. The summed E-state index contributed by atoms with van der Waals surface area (Å²) in [7, 11) is 0. The van der Waals surface area contributed by atoms with Gasteiger partial charge in [-0.2, -0.15) is 0 Å². The molecule has 182 valence electrons. The maximum Gasteiger partial charge on any atom is 0.360 e. The van der Waals surface area contributed by atoms with Crippen LogP contribution in [0.1, 0.15) is 27.4 Å². The highest BCUT2D eigenvalue weighted by Crippen LogP contribution is 2.47. The van der Waals surface area contributed by atoms with Crippen molar-refractivity contribution in [1.29, 1.82) is 0 Å². The zero-order chi connectivity index (χ0) is 25.7.